The van der Waals surface area contributed by atoms with E-state index >= 15 is 0 Å². The zero-order valence-electron chi connectivity index (χ0n) is 37.1. The average molecular weight is 828 g/mol. The summed E-state index contributed by atoms with van der Waals surface area (Å²) in [6.45, 7) is 3.75. The molecule has 10 heteroatoms. The second-order valence-corrected chi connectivity index (χ2v) is 17.4. The smallest absolute Gasteiger partial charge is 0.462 e. The number of phosphoric ester groups is 1. The summed E-state index contributed by atoms with van der Waals surface area (Å²) in [5.41, 5.74) is 5.36. The lowest BCUT2D eigenvalue weighted by Crippen LogP contribution is -2.29. The van der Waals surface area contributed by atoms with Crippen molar-refractivity contribution in [2.45, 2.75) is 238 Å². The highest BCUT2D eigenvalue weighted by Crippen LogP contribution is 2.43. The Bertz CT molecular complexity index is 990. The number of allylic oxidation sites excluding steroid dienone is 4. The fraction of sp³-hybridized carbons (Fsp3) is 0.872. The Morgan fingerprint density at radius 1 is 0.509 bits per heavy atom. The summed E-state index contributed by atoms with van der Waals surface area (Å²) in [6, 6.07) is 0. The van der Waals surface area contributed by atoms with Crippen molar-refractivity contribution in [2.75, 3.05) is 26.4 Å². The summed E-state index contributed by atoms with van der Waals surface area (Å²) in [6.07, 6.45) is 47.8. The van der Waals surface area contributed by atoms with E-state index in [4.69, 9.17) is 24.3 Å². The molecule has 0 aliphatic carbocycles. The lowest BCUT2D eigenvalue weighted by molar-refractivity contribution is -0.161. The van der Waals surface area contributed by atoms with Crippen molar-refractivity contribution in [3.8, 4) is 0 Å². The second-order valence-electron chi connectivity index (χ2n) is 16.0. The van der Waals surface area contributed by atoms with Gasteiger partial charge in [-0.05, 0) is 64.2 Å². The number of phosphoric acid groups is 1. The highest BCUT2D eigenvalue weighted by molar-refractivity contribution is 7.47. The molecule has 0 radical (unpaired) electrons. The molecule has 0 aliphatic heterocycles. The largest absolute Gasteiger partial charge is 0.472 e. The molecule has 0 spiro atoms. The van der Waals surface area contributed by atoms with Gasteiger partial charge in [-0.3, -0.25) is 18.6 Å². The summed E-state index contributed by atoms with van der Waals surface area (Å²) in [5.74, 6) is -0.827. The number of carbonyl (C=O) groups is 2. The van der Waals surface area contributed by atoms with Crippen molar-refractivity contribution in [2.24, 2.45) is 5.73 Å². The van der Waals surface area contributed by atoms with Crippen LogP contribution in [0.3, 0.4) is 0 Å². The van der Waals surface area contributed by atoms with E-state index in [9.17, 15) is 19.0 Å². The quantitative estimate of drug-likeness (QED) is 0.0266. The standard InChI is InChI=1S/C47H90NO8P/c1-3-5-7-9-11-13-15-17-19-21-22-24-25-27-29-31-33-35-37-39-46(49)53-43-45(44-55-57(51,52)54-42-41-48)56-47(50)40-38-36-34-32-30-28-26-23-20-18-16-14-12-10-8-6-4-2/h17-20,45H,3-16,21-44,48H2,1-2H3,(H,51,52)/b19-17+,20-18+/t45-/m1/s1. The van der Waals surface area contributed by atoms with Crippen LogP contribution < -0.4 is 5.73 Å². The monoisotopic (exact) mass is 828 g/mol. The van der Waals surface area contributed by atoms with Crippen LogP contribution in [0.4, 0.5) is 0 Å². The van der Waals surface area contributed by atoms with Gasteiger partial charge < -0.3 is 20.1 Å². The maximum Gasteiger partial charge on any atom is 0.472 e. The van der Waals surface area contributed by atoms with Crippen molar-refractivity contribution in [3.05, 3.63) is 24.3 Å². The molecule has 0 aliphatic rings. The van der Waals surface area contributed by atoms with E-state index in [2.05, 4.69) is 38.2 Å². The third-order valence-electron chi connectivity index (χ3n) is 10.3. The van der Waals surface area contributed by atoms with Crippen molar-refractivity contribution in [3.63, 3.8) is 0 Å². The summed E-state index contributed by atoms with van der Waals surface area (Å²) in [4.78, 5) is 35.0. The van der Waals surface area contributed by atoms with Crippen LogP contribution in [0, 0.1) is 0 Å². The van der Waals surface area contributed by atoms with Crippen LogP contribution in [0.1, 0.15) is 232 Å². The maximum atomic E-state index is 12.6. The van der Waals surface area contributed by atoms with Gasteiger partial charge in [-0.25, -0.2) is 4.57 Å². The predicted octanol–water partition coefficient (Wildman–Crippen LogP) is 13.9. The van der Waals surface area contributed by atoms with Gasteiger partial charge in [-0.1, -0.05) is 179 Å². The molecule has 336 valence electrons. The van der Waals surface area contributed by atoms with Crippen LogP contribution in [0.15, 0.2) is 24.3 Å². The van der Waals surface area contributed by atoms with E-state index in [1.54, 1.807) is 0 Å². The fourth-order valence-corrected chi connectivity index (χ4v) is 7.51. The number of hydrogen-bond donors (Lipinski definition) is 2. The minimum atomic E-state index is -4.38. The molecule has 0 rings (SSSR count). The minimum Gasteiger partial charge on any atom is -0.462 e. The summed E-state index contributed by atoms with van der Waals surface area (Å²) < 4.78 is 32.9. The molecule has 1 unspecified atom stereocenters. The summed E-state index contributed by atoms with van der Waals surface area (Å²) in [5, 5.41) is 0. The molecule has 2 atom stereocenters. The molecule has 57 heavy (non-hydrogen) atoms. The van der Waals surface area contributed by atoms with Crippen molar-refractivity contribution >= 4 is 19.8 Å². The van der Waals surface area contributed by atoms with Gasteiger partial charge in [0.25, 0.3) is 0 Å². The SMILES string of the molecule is CCCCCCCC/C=C/CCCCCCCCCCCC(=O)OC[C@H](COP(=O)(O)OCCN)OC(=O)CCCCCCCCC/C=C/CCCCCCCC. The Morgan fingerprint density at radius 3 is 1.25 bits per heavy atom. The van der Waals surface area contributed by atoms with E-state index in [0.717, 1.165) is 44.9 Å². The maximum absolute atomic E-state index is 12.6. The van der Waals surface area contributed by atoms with E-state index < -0.39 is 26.5 Å². The Hall–Kier alpha value is -1.51. The predicted molar refractivity (Wildman–Crippen MR) is 238 cm³/mol. The molecular formula is C47H90NO8P. The van der Waals surface area contributed by atoms with Crippen LogP contribution >= 0.6 is 7.82 Å². The number of rotatable bonds is 45. The molecular weight excluding hydrogens is 737 g/mol. The van der Waals surface area contributed by atoms with Gasteiger partial charge in [0.15, 0.2) is 6.10 Å². The van der Waals surface area contributed by atoms with E-state index in [0.29, 0.717) is 6.42 Å². The lowest BCUT2D eigenvalue weighted by Gasteiger charge is -2.19. The van der Waals surface area contributed by atoms with Gasteiger partial charge in [0.1, 0.15) is 6.61 Å². The van der Waals surface area contributed by atoms with Gasteiger partial charge in [-0.15, -0.1) is 0 Å². The van der Waals surface area contributed by atoms with Gasteiger partial charge in [0.2, 0.25) is 0 Å². The van der Waals surface area contributed by atoms with Crippen LogP contribution in [0.2, 0.25) is 0 Å². The number of esters is 2. The van der Waals surface area contributed by atoms with Gasteiger partial charge in [0.05, 0.1) is 13.2 Å². The Kier molecular flexibility index (Phi) is 42.9. The fourth-order valence-electron chi connectivity index (χ4n) is 6.74. The Balaban J connectivity index is 4.08. The van der Waals surface area contributed by atoms with Gasteiger partial charge in [0, 0.05) is 19.4 Å². The first kappa shape index (κ1) is 55.5. The summed E-state index contributed by atoms with van der Waals surface area (Å²) >= 11 is 0. The van der Waals surface area contributed by atoms with Gasteiger partial charge >= 0.3 is 19.8 Å². The van der Waals surface area contributed by atoms with Gasteiger partial charge in [-0.2, -0.15) is 0 Å². The minimum absolute atomic E-state index is 0.0537. The topological polar surface area (TPSA) is 134 Å². The highest BCUT2D eigenvalue weighted by Gasteiger charge is 2.26. The summed E-state index contributed by atoms with van der Waals surface area (Å²) in [7, 11) is -4.38. The molecule has 9 nitrogen and oxygen atoms in total. The molecule has 0 aromatic heterocycles. The number of unbranched alkanes of at least 4 members (excludes halogenated alkanes) is 28. The number of ether oxygens (including phenoxy) is 2. The molecule has 0 aromatic carbocycles. The first-order valence-electron chi connectivity index (χ1n) is 23.8. The van der Waals surface area contributed by atoms with E-state index in [1.165, 1.54) is 154 Å². The molecule has 0 aromatic rings. The van der Waals surface area contributed by atoms with Crippen molar-refractivity contribution in [1.82, 2.24) is 0 Å². The zero-order valence-corrected chi connectivity index (χ0v) is 38.0. The number of carbonyl (C=O) groups excluding carboxylic acids is 2. The molecule has 3 N–H and O–H groups in total. The zero-order chi connectivity index (χ0) is 41.8. The Morgan fingerprint density at radius 2 is 0.860 bits per heavy atom. The molecule has 0 amide bonds. The molecule has 0 heterocycles. The Labute approximate surface area is 351 Å². The molecule has 0 bridgehead atoms. The van der Waals surface area contributed by atoms with Crippen molar-refractivity contribution in [1.29, 1.82) is 0 Å². The van der Waals surface area contributed by atoms with E-state index in [-0.39, 0.29) is 38.6 Å². The molecule has 0 fully saturated rings. The third kappa shape index (κ3) is 43.9. The number of hydrogen-bond acceptors (Lipinski definition) is 8. The van der Waals surface area contributed by atoms with Crippen LogP contribution in [-0.4, -0.2) is 49.3 Å². The highest BCUT2D eigenvalue weighted by atomic mass is 31.2. The first-order chi connectivity index (χ1) is 27.8. The van der Waals surface area contributed by atoms with Crippen LogP contribution in [-0.2, 0) is 32.7 Å². The molecule has 0 saturated carbocycles. The lowest BCUT2D eigenvalue weighted by atomic mass is 10.1. The average Bonchev–Trinajstić information content (AvgIpc) is 3.20. The normalized spacial score (nSPS) is 13.4. The third-order valence-corrected chi connectivity index (χ3v) is 11.3. The molecule has 0 saturated heterocycles. The van der Waals surface area contributed by atoms with E-state index in [1.807, 2.05) is 0 Å². The van der Waals surface area contributed by atoms with Crippen LogP contribution in [0.25, 0.3) is 0 Å². The number of nitrogens with two attached hydrogens (primary N) is 1. The first-order valence-corrected chi connectivity index (χ1v) is 25.3. The second kappa shape index (κ2) is 44.1. The van der Waals surface area contributed by atoms with Crippen LogP contribution in [0.5, 0.6) is 0 Å². The van der Waals surface area contributed by atoms with Crippen molar-refractivity contribution < 1.29 is 37.6 Å².